The summed E-state index contributed by atoms with van der Waals surface area (Å²) < 4.78 is 12.5. The van der Waals surface area contributed by atoms with Gasteiger partial charge in [-0.1, -0.05) is 11.6 Å². The topological polar surface area (TPSA) is 46.2 Å². The normalized spacial score (nSPS) is 9.80. The number of anilines is 1. The first-order chi connectivity index (χ1) is 4.61. The first-order valence-electron chi connectivity index (χ1n) is 2.54. The predicted molar refractivity (Wildman–Crippen MR) is 37.5 cm³/mol. The summed E-state index contributed by atoms with van der Waals surface area (Å²) in [7, 11) is 0. The molecule has 0 bridgehead atoms. The third-order valence-corrected chi connectivity index (χ3v) is 1.29. The van der Waals surface area contributed by atoms with Crippen LogP contribution in [0.2, 0.25) is 5.02 Å². The molecule has 0 saturated carbocycles. The van der Waals surface area contributed by atoms with Crippen LogP contribution >= 0.6 is 11.6 Å². The first-order valence-corrected chi connectivity index (χ1v) is 2.92. The van der Waals surface area contributed by atoms with Gasteiger partial charge in [0.25, 0.3) is 0 Å². The SMILES string of the molecule is Nc1c(O)cc(Cl)cc1F. The average Bonchev–Trinajstić information content (AvgIpc) is 1.82. The highest BCUT2D eigenvalue weighted by Gasteiger charge is 2.04. The number of hydrogen-bond donors (Lipinski definition) is 2. The zero-order valence-electron chi connectivity index (χ0n) is 4.94. The van der Waals surface area contributed by atoms with Crippen LogP contribution in [-0.4, -0.2) is 5.11 Å². The van der Waals surface area contributed by atoms with Crippen molar-refractivity contribution in [3.05, 3.63) is 23.0 Å². The number of phenols is 1. The Kier molecular flexibility index (Phi) is 1.68. The Morgan fingerprint density at radius 3 is 2.60 bits per heavy atom. The van der Waals surface area contributed by atoms with Crippen molar-refractivity contribution < 1.29 is 9.50 Å². The Hall–Kier alpha value is -0.960. The van der Waals surface area contributed by atoms with Crippen molar-refractivity contribution in [2.24, 2.45) is 0 Å². The van der Waals surface area contributed by atoms with Gasteiger partial charge in [-0.05, 0) is 6.07 Å². The van der Waals surface area contributed by atoms with Crippen molar-refractivity contribution in [2.45, 2.75) is 0 Å². The van der Waals surface area contributed by atoms with E-state index in [-0.39, 0.29) is 16.5 Å². The summed E-state index contributed by atoms with van der Waals surface area (Å²) in [6.45, 7) is 0. The molecule has 0 aromatic heterocycles. The van der Waals surface area contributed by atoms with Crippen molar-refractivity contribution in [3.8, 4) is 5.75 Å². The summed E-state index contributed by atoms with van der Waals surface area (Å²) in [5, 5.41) is 8.96. The summed E-state index contributed by atoms with van der Waals surface area (Å²) in [6.07, 6.45) is 0. The number of hydrogen-bond acceptors (Lipinski definition) is 2. The molecule has 3 N–H and O–H groups in total. The molecule has 0 fully saturated rings. The van der Waals surface area contributed by atoms with Crippen LogP contribution in [0.15, 0.2) is 12.1 Å². The van der Waals surface area contributed by atoms with E-state index in [0.29, 0.717) is 0 Å². The van der Waals surface area contributed by atoms with Gasteiger partial charge >= 0.3 is 0 Å². The second kappa shape index (κ2) is 2.34. The van der Waals surface area contributed by atoms with E-state index in [2.05, 4.69) is 0 Å². The Morgan fingerprint density at radius 2 is 2.10 bits per heavy atom. The van der Waals surface area contributed by atoms with Crippen LogP contribution in [0.4, 0.5) is 10.1 Å². The number of rotatable bonds is 0. The Morgan fingerprint density at radius 1 is 1.50 bits per heavy atom. The fourth-order valence-electron chi connectivity index (χ4n) is 0.571. The molecule has 0 heterocycles. The molecule has 0 radical (unpaired) electrons. The summed E-state index contributed by atoms with van der Waals surface area (Å²) >= 11 is 5.37. The minimum Gasteiger partial charge on any atom is -0.506 e. The number of aromatic hydroxyl groups is 1. The summed E-state index contributed by atoms with van der Waals surface area (Å²) in [6, 6.07) is 2.22. The predicted octanol–water partition coefficient (Wildman–Crippen LogP) is 1.77. The molecular formula is C6H5ClFNO. The number of benzene rings is 1. The summed E-state index contributed by atoms with van der Waals surface area (Å²) in [4.78, 5) is 0. The molecule has 0 spiro atoms. The van der Waals surface area contributed by atoms with Crippen LogP contribution in [0.5, 0.6) is 5.75 Å². The largest absolute Gasteiger partial charge is 0.506 e. The van der Waals surface area contributed by atoms with Gasteiger partial charge in [0.05, 0.1) is 0 Å². The minimum absolute atomic E-state index is 0.129. The van der Waals surface area contributed by atoms with E-state index < -0.39 is 5.82 Å². The van der Waals surface area contributed by atoms with Crippen LogP contribution in [0.3, 0.4) is 0 Å². The van der Waals surface area contributed by atoms with Crippen molar-refractivity contribution >= 4 is 17.3 Å². The van der Waals surface area contributed by atoms with Gasteiger partial charge in [-0.3, -0.25) is 0 Å². The van der Waals surface area contributed by atoms with Gasteiger partial charge < -0.3 is 10.8 Å². The summed E-state index contributed by atoms with van der Waals surface area (Å²) in [5.74, 6) is -1.03. The molecule has 1 rings (SSSR count). The lowest BCUT2D eigenvalue weighted by atomic mass is 10.3. The maximum Gasteiger partial charge on any atom is 0.151 e. The van der Waals surface area contributed by atoms with Crippen molar-refractivity contribution in [2.75, 3.05) is 5.73 Å². The maximum absolute atomic E-state index is 12.5. The second-order valence-corrected chi connectivity index (χ2v) is 2.26. The molecule has 54 valence electrons. The summed E-state index contributed by atoms with van der Waals surface area (Å²) in [5.41, 5.74) is 4.79. The van der Waals surface area contributed by atoms with E-state index in [1.807, 2.05) is 0 Å². The van der Waals surface area contributed by atoms with Crippen molar-refractivity contribution in [1.82, 2.24) is 0 Å². The average molecular weight is 162 g/mol. The molecule has 1 aromatic carbocycles. The quantitative estimate of drug-likeness (QED) is 0.450. The molecule has 0 saturated heterocycles. The number of halogens is 2. The second-order valence-electron chi connectivity index (χ2n) is 1.82. The zero-order chi connectivity index (χ0) is 7.72. The van der Waals surface area contributed by atoms with Crippen molar-refractivity contribution in [3.63, 3.8) is 0 Å². The van der Waals surface area contributed by atoms with Crippen LogP contribution < -0.4 is 5.73 Å². The fraction of sp³-hybridized carbons (Fsp3) is 0. The lowest BCUT2D eigenvalue weighted by Crippen LogP contribution is -1.90. The van der Waals surface area contributed by atoms with Gasteiger partial charge in [-0.25, -0.2) is 4.39 Å². The highest BCUT2D eigenvalue weighted by atomic mass is 35.5. The molecule has 0 aliphatic carbocycles. The van der Waals surface area contributed by atoms with E-state index in [1.54, 1.807) is 0 Å². The molecule has 0 aliphatic heterocycles. The first kappa shape index (κ1) is 7.15. The molecule has 0 unspecified atom stereocenters. The molecule has 4 heteroatoms. The fourth-order valence-corrected chi connectivity index (χ4v) is 0.770. The molecule has 1 aromatic rings. The van der Waals surface area contributed by atoms with Gasteiger partial charge in [-0.2, -0.15) is 0 Å². The Balaban J connectivity index is 3.31. The van der Waals surface area contributed by atoms with Gasteiger partial charge in [0.15, 0.2) is 5.82 Å². The molecule has 0 atom stereocenters. The lowest BCUT2D eigenvalue weighted by Gasteiger charge is -1.99. The van der Waals surface area contributed by atoms with Crippen molar-refractivity contribution in [1.29, 1.82) is 0 Å². The highest BCUT2D eigenvalue weighted by molar-refractivity contribution is 6.30. The smallest absolute Gasteiger partial charge is 0.151 e. The highest BCUT2D eigenvalue weighted by Crippen LogP contribution is 2.26. The monoisotopic (exact) mass is 161 g/mol. The van der Waals surface area contributed by atoms with Crippen LogP contribution in [0, 0.1) is 5.82 Å². The van der Waals surface area contributed by atoms with Crippen LogP contribution in [0.25, 0.3) is 0 Å². The Labute approximate surface area is 62.0 Å². The van der Waals surface area contributed by atoms with E-state index in [0.717, 1.165) is 6.07 Å². The third kappa shape index (κ3) is 1.14. The molecule has 0 amide bonds. The number of nitrogen functional groups attached to an aromatic ring is 1. The third-order valence-electron chi connectivity index (χ3n) is 1.07. The van der Waals surface area contributed by atoms with Gasteiger partial charge in [-0.15, -0.1) is 0 Å². The number of nitrogens with two attached hydrogens (primary N) is 1. The van der Waals surface area contributed by atoms with E-state index in [4.69, 9.17) is 22.4 Å². The van der Waals surface area contributed by atoms with Gasteiger partial charge in [0.1, 0.15) is 11.4 Å². The molecular weight excluding hydrogens is 157 g/mol. The maximum atomic E-state index is 12.5. The lowest BCUT2D eigenvalue weighted by molar-refractivity contribution is 0.473. The Bertz CT molecular complexity index is 241. The molecule has 10 heavy (non-hydrogen) atoms. The van der Waals surface area contributed by atoms with Crippen LogP contribution in [-0.2, 0) is 0 Å². The van der Waals surface area contributed by atoms with Crippen LogP contribution in [0.1, 0.15) is 0 Å². The van der Waals surface area contributed by atoms with E-state index >= 15 is 0 Å². The molecule has 0 aliphatic rings. The van der Waals surface area contributed by atoms with E-state index in [1.165, 1.54) is 6.07 Å². The molecule has 2 nitrogen and oxygen atoms in total. The van der Waals surface area contributed by atoms with E-state index in [9.17, 15) is 4.39 Å². The number of phenolic OH excluding ortho intramolecular Hbond substituents is 1. The zero-order valence-corrected chi connectivity index (χ0v) is 5.69. The minimum atomic E-state index is -0.704. The standard InChI is InChI=1S/C6H5ClFNO/c7-3-1-4(8)6(9)5(10)2-3/h1-2,10H,9H2. The van der Waals surface area contributed by atoms with Gasteiger partial charge in [0, 0.05) is 11.1 Å². The van der Waals surface area contributed by atoms with Gasteiger partial charge in [0.2, 0.25) is 0 Å².